The van der Waals surface area contributed by atoms with Gasteiger partial charge in [-0.3, -0.25) is 4.90 Å². The average Bonchev–Trinajstić information content (AvgIpc) is 3.84. The SMILES string of the molecule is CC(c1nc2ccc(-c3ccc(-c4ccc5nc(C6CCCN6C(=O)OC(C)(C)C)[nH]c5c4)cc3)cc2[nH]1)C1CCCN(C(=O)OC(C)(C)C)C1C. The van der Waals surface area contributed by atoms with E-state index in [1.54, 1.807) is 4.90 Å². The molecule has 2 amide bonds. The Morgan fingerprint density at radius 3 is 1.81 bits per heavy atom. The van der Waals surface area contributed by atoms with Crippen molar-refractivity contribution >= 4 is 34.3 Å². The molecular formula is C42H52N6O4. The second-order valence-electron chi connectivity index (χ2n) is 16.6. The zero-order valence-corrected chi connectivity index (χ0v) is 31.7. The molecule has 0 spiro atoms. The van der Waals surface area contributed by atoms with Gasteiger partial charge in [0.25, 0.3) is 0 Å². The van der Waals surface area contributed by atoms with Crippen molar-refractivity contribution in [3.8, 4) is 22.3 Å². The van der Waals surface area contributed by atoms with Gasteiger partial charge in [0.15, 0.2) is 0 Å². The number of ether oxygens (including phenoxy) is 2. The van der Waals surface area contributed by atoms with Gasteiger partial charge >= 0.3 is 12.2 Å². The lowest BCUT2D eigenvalue weighted by Gasteiger charge is -2.41. The molecule has 4 heterocycles. The van der Waals surface area contributed by atoms with E-state index in [1.807, 2.05) is 52.5 Å². The third-order valence-corrected chi connectivity index (χ3v) is 10.5. The number of aromatic nitrogens is 4. The highest BCUT2D eigenvalue weighted by Gasteiger charge is 2.38. The normalized spacial score (nSPS) is 20.4. The molecule has 2 aliphatic rings. The van der Waals surface area contributed by atoms with Crippen molar-refractivity contribution in [2.75, 3.05) is 13.1 Å². The first-order valence-electron chi connectivity index (χ1n) is 18.7. The van der Waals surface area contributed by atoms with Crippen molar-refractivity contribution in [1.29, 1.82) is 0 Å². The monoisotopic (exact) mass is 704 g/mol. The molecule has 52 heavy (non-hydrogen) atoms. The van der Waals surface area contributed by atoms with Gasteiger partial charge in [-0.25, -0.2) is 19.6 Å². The van der Waals surface area contributed by atoms with E-state index in [-0.39, 0.29) is 36.1 Å². The van der Waals surface area contributed by atoms with E-state index in [0.29, 0.717) is 6.54 Å². The van der Waals surface area contributed by atoms with Crippen molar-refractivity contribution in [2.45, 2.75) is 110 Å². The summed E-state index contributed by atoms with van der Waals surface area (Å²) in [6.07, 6.45) is 3.23. The van der Waals surface area contributed by atoms with Gasteiger partial charge in [0.05, 0.1) is 28.1 Å². The number of H-pyrrole nitrogens is 2. The summed E-state index contributed by atoms with van der Waals surface area (Å²) in [5.74, 6) is 2.18. The Kier molecular flexibility index (Phi) is 9.30. The van der Waals surface area contributed by atoms with Crippen LogP contribution < -0.4 is 0 Å². The van der Waals surface area contributed by atoms with Crippen LogP contribution in [0.1, 0.15) is 105 Å². The van der Waals surface area contributed by atoms with E-state index in [4.69, 9.17) is 19.4 Å². The number of carbonyl (C=O) groups excluding carboxylic acids is 2. The van der Waals surface area contributed by atoms with E-state index >= 15 is 0 Å². The van der Waals surface area contributed by atoms with Crippen LogP contribution in [0.2, 0.25) is 0 Å². The lowest BCUT2D eigenvalue weighted by atomic mass is 9.80. The highest BCUT2D eigenvalue weighted by atomic mass is 16.6. The number of imidazole rings is 2. The standard InChI is InChI=1S/C42H52N6O4/c1-25(31-11-9-21-47(26(31)2)39(49)51-41(3,4)5)37-43-32-19-17-29(23-34(32)45-37)27-13-15-28(16-14-27)30-18-20-33-35(24-30)46-38(44-33)36-12-10-22-48(36)40(50)52-42(6,7)8/h13-20,23-26,31,36H,9-12,21-22H2,1-8H3,(H,43,45)(H,44,46). The Morgan fingerprint density at radius 2 is 1.21 bits per heavy atom. The van der Waals surface area contributed by atoms with E-state index in [2.05, 4.69) is 78.4 Å². The van der Waals surface area contributed by atoms with Gasteiger partial charge in [0.1, 0.15) is 22.9 Å². The Morgan fingerprint density at radius 1 is 0.712 bits per heavy atom. The molecule has 7 rings (SSSR count). The molecule has 274 valence electrons. The summed E-state index contributed by atoms with van der Waals surface area (Å²) in [5, 5.41) is 0. The first-order valence-corrected chi connectivity index (χ1v) is 18.7. The van der Waals surface area contributed by atoms with E-state index in [9.17, 15) is 9.59 Å². The smallest absolute Gasteiger partial charge is 0.410 e. The van der Waals surface area contributed by atoms with Crippen LogP contribution in [0.5, 0.6) is 0 Å². The number of benzene rings is 3. The van der Waals surface area contributed by atoms with Crippen LogP contribution in [0.15, 0.2) is 60.7 Å². The van der Waals surface area contributed by atoms with E-state index in [1.165, 1.54) is 0 Å². The molecule has 5 aromatic rings. The zero-order chi connectivity index (χ0) is 36.9. The molecule has 2 fully saturated rings. The molecule has 4 unspecified atom stereocenters. The van der Waals surface area contributed by atoms with Crippen LogP contribution in [0, 0.1) is 5.92 Å². The van der Waals surface area contributed by atoms with Crippen LogP contribution in [0.4, 0.5) is 9.59 Å². The molecule has 0 radical (unpaired) electrons. The summed E-state index contributed by atoms with van der Waals surface area (Å²) in [4.78, 5) is 46.5. The van der Waals surface area contributed by atoms with Crippen molar-refractivity contribution in [1.82, 2.24) is 29.7 Å². The first kappa shape index (κ1) is 35.5. The second kappa shape index (κ2) is 13.6. The number of nitrogens with one attached hydrogen (secondary N) is 2. The molecule has 10 nitrogen and oxygen atoms in total. The maximum Gasteiger partial charge on any atom is 0.410 e. The molecule has 3 aromatic carbocycles. The van der Waals surface area contributed by atoms with Gasteiger partial charge in [-0.15, -0.1) is 0 Å². The van der Waals surface area contributed by atoms with Crippen molar-refractivity contribution in [3.05, 3.63) is 72.3 Å². The molecule has 2 N–H and O–H groups in total. The Hall–Kier alpha value is -4.86. The number of hydrogen-bond acceptors (Lipinski definition) is 6. The molecule has 0 bridgehead atoms. The van der Waals surface area contributed by atoms with Crippen LogP contribution >= 0.6 is 0 Å². The maximum atomic E-state index is 13.0. The lowest BCUT2D eigenvalue weighted by molar-refractivity contribution is 0.000641. The number of amides is 2. The zero-order valence-electron chi connectivity index (χ0n) is 31.7. The fraction of sp³-hybridized carbons (Fsp3) is 0.476. The summed E-state index contributed by atoms with van der Waals surface area (Å²) in [6, 6.07) is 21.2. The number of carbonyl (C=O) groups is 2. The molecule has 4 atom stereocenters. The highest BCUT2D eigenvalue weighted by molar-refractivity contribution is 5.85. The number of nitrogens with zero attached hydrogens (tertiary/aromatic N) is 4. The summed E-state index contributed by atoms with van der Waals surface area (Å²) >= 11 is 0. The minimum atomic E-state index is -0.542. The molecule has 10 heteroatoms. The fourth-order valence-electron chi connectivity index (χ4n) is 7.86. The maximum absolute atomic E-state index is 13.0. The first-order chi connectivity index (χ1) is 24.6. The average molecular weight is 705 g/mol. The predicted molar refractivity (Wildman–Crippen MR) is 205 cm³/mol. The van der Waals surface area contributed by atoms with Gasteiger partial charge in [0, 0.05) is 25.0 Å². The molecule has 0 saturated carbocycles. The minimum Gasteiger partial charge on any atom is -0.444 e. The molecule has 2 aliphatic heterocycles. The predicted octanol–water partition coefficient (Wildman–Crippen LogP) is 9.98. The van der Waals surface area contributed by atoms with Crippen LogP contribution in [-0.2, 0) is 9.47 Å². The summed E-state index contributed by atoms with van der Waals surface area (Å²) < 4.78 is 11.4. The number of piperidine rings is 1. The van der Waals surface area contributed by atoms with Crippen molar-refractivity contribution < 1.29 is 19.1 Å². The Balaban J connectivity index is 1.05. The largest absolute Gasteiger partial charge is 0.444 e. The summed E-state index contributed by atoms with van der Waals surface area (Å²) in [6.45, 7) is 17.1. The molecule has 2 aromatic heterocycles. The number of rotatable bonds is 5. The number of likely N-dealkylation sites (tertiary alicyclic amines) is 2. The van der Waals surface area contributed by atoms with Gasteiger partial charge in [-0.1, -0.05) is 43.3 Å². The van der Waals surface area contributed by atoms with Crippen LogP contribution in [0.3, 0.4) is 0 Å². The topological polar surface area (TPSA) is 116 Å². The molecular weight excluding hydrogens is 653 g/mol. The quantitative estimate of drug-likeness (QED) is 0.188. The van der Waals surface area contributed by atoms with Crippen LogP contribution in [-0.4, -0.2) is 72.3 Å². The Bertz CT molecular complexity index is 2090. The second-order valence-corrected chi connectivity index (χ2v) is 16.6. The number of fused-ring (bicyclic) bond motifs is 2. The minimum absolute atomic E-state index is 0.0544. The lowest BCUT2D eigenvalue weighted by Crippen LogP contribution is -2.49. The van der Waals surface area contributed by atoms with Gasteiger partial charge in [0.2, 0.25) is 0 Å². The van der Waals surface area contributed by atoms with E-state index < -0.39 is 11.2 Å². The fourth-order valence-corrected chi connectivity index (χ4v) is 7.86. The van der Waals surface area contributed by atoms with Crippen molar-refractivity contribution in [2.24, 2.45) is 5.92 Å². The van der Waals surface area contributed by atoms with E-state index in [0.717, 1.165) is 88.2 Å². The van der Waals surface area contributed by atoms with Gasteiger partial charge in [-0.05, 0) is 127 Å². The summed E-state index contributed by atoms with van der Waals surface area (Å²) in [5.41, 5.74) is 7.15. The number of hydrogen-bond donors (Lipinski definition) is 2. The van der Waals surface area contributed by atoms with Gasteiger partial charge < -0.3 is 24.3 Å². The highest BCUT2D eigenvalue weighted by Crippen LogP contribution is 2.37. The molecule has 2 saturated heterocycles. The third-order valence-electron chi connectivity index (χ3n) is 10.5. The van der Waals surface area contributed by atoms with Crippen LogP contribution in [0.25, 0.3) is 44.3 Å². The Labute approximate surface area is 306 Å². The summed E-state index contributed by atoms with van der Waals surface area (Å²) in [7, 11) is 0. The van der Waals surface area contributed by atoms with Gasteiger partial charge in [-0.2, -0.15) is 0 Å². The number of aromatic amines is 2. The van der Waals surface area contributed by atoms with Crippen molar-refractivity contribution in [3.63, 3.8) is 0 Å². The molecule has 0 aliphatic carbocycles. The third kappa shape index (κ3) is 7.38.